The summed E-state index contributed by atoms with van der Waals surface area (Å²) in [4.78, 5) is 10.3. The zero-order chi connectivity index (χ0) is 11.3. The average Bonchev–Trinajstić information content (AvgIpc) is 2.29. The molecule has 1 aromatic rings. The van der Waals surface area contributed by atoms with Crippen LogP contribution >= 0.6 is 0 Å². The summed E-state index contributed by atoms with van der Waals surface area (Å²) in [5.74, 6) is 0.0115. The van der Waals surface area contributed by atoms with E-state index >= 15 is 0 Å². The van der Waals surface area contributed by atoms with Crippen LogP contribution in [0.2, 0.25) is 0 Å². The molecule has 1 aliphatic carbocycles. The van der Waals surface area contributed by atoms with Gasteiger partial charge in [-0.05, 0) is 18.6 Å². The molecule has 0 saturated heterocycles. The summed E-state index contributed by atoms with van der Waals surface area (Å²) < 4.78 is 0. The van der Waals surface area contributed by atoms with Crippen molar-refractivity contribution in [3.63, 3.8) is 0 Å². The summed E-state index contributed by atoms with van der Waals surface area (Å²) in [6, 6.07) is 7.48. The lowest BCUT2D eigenvalue weighted by molar-refractivity contribution is -0.415. The summed E-state index contributed by atoms with van der Waals surface area (Å²) in [5.41, 5.74) is 0.416. The van der Waals surface area contributed by atoms with Crippen LogP contribution in [0.1, 0.15) is 24.2 Å². The molecule has 0 radical (unpaired) electrons. The quantitative estimate of drug-likeness (QED) is 0.707. The maximum Gasteiger partial charge on any atom is 0.210 e. The van der Waals surface area contributed by atoms with Crippen molar-refractivity contribution < 1.29 is 20.0 Å². The SMILES string of the molecule is C[C@@H](O)[C@]12OO[C@H](C=C1O)c1ccccc12. The van der Waals surface area contributed by atoms with Crippen LogP contribution in [0.25, 0.3) is 0 Å². The molecule has 2 N–H and O–H groups in total. The molecule has 84 valence electrons. The lowest BCUT2D eigenvalue weighted by atomic mass is 9.77. The van der Waals surface area contributed by atoms with Gasteiger partial charge in [-0.25, -0.2) is 9.78 Å². The number of hydrogen-bond acceptors (Lipinski definition) is 4. The first-order valence-corrected chi connectivity index (χ1v) is 5.19. The van der Waals surface area contributed by atoms with Crippen LogP contribution in [0.5, 0.6) is 0 Å². The van der Waals surface area contributed by atoms with Gasteiger partial charge < -0.3 is 10.2 Å². The molecule has 0 aromatic heterocycles. The van der Waals surface area contributed by atoms with Crippen molar-refractivity contribution in [3.8, 4) is 0 Å². The van der Waals surface area contributed by atoms with Crippen LogP contribution in [0, 0.1) is 0 Å². The molecule has 4 nitrogen and oxygen atoms in total. The zero-order valence-corrected chi connectivity index (χ0v) is 8.75. The summed E-state index contributed by atoms with van der Waals surface area (Å²) in [5, 5.41) is 19.8. The summed E-state index contributed by atoms with van der Waals surface area (Å²) >= 11 is 0. The van der Waals surface area contributed by atoms with Gasteiger partial charge in [-0.1, -0.05) is 24.3 Å². The van der Waals surface area contributed by atoms with E-state index in [1.54, 1.807) is 13.0 Å². The average molecular weight is 220 g/mol. The standard InChI is InChI=1S/C12H12O4/c1-7(13)12-9-5-3-2-4-8(9)10(15-16-12)6-11(12)14/h2-7,10,13-14H,1H3/t7-,10-,12-/m1/s1. The van der Waals surface area contributed by atoms with E-state index < -0.39 is 17.8 Å². The number of aliphatic hydroxyl groups is 2. The van der Waals surface area contributed by atoms with Gasteiger partial charge in [-0.3, -0.25) is 0 Å². The maximum absolute atomic E-state index is 9.96. The number of benzene rings is 1. The van der Waals surface area contributed by atoms with Gasteiger partial charge in [0.15, 0.2) is 0 Å². The van der Waals surface area contributed by atoms with Crippen LogP contribution in [0.3, 0.4) is 0 Å². The molecular formula is C12H12O4. The Bertz CT molecular complexity index is 466. The first-order chi connectivity index (χ1) is 7.66. The molecule has 16 heavy (non-hydrogen) atoms. The van der Waals surface area contributed by atoms with Crippen molar-refractivity contribution in [1.29, 1.82) is 0 Å². The van der Waals surface area contributed by atoms with Crippen molar-refractivity contribution in [2.24, 2.45) is 0 Å². The Balaban J connectivity index is 2.29. The molecule has 3 aliphatic rings. The number of rotatable bonds is 1. The molecule has 2 aliphatic heterocycles. The molecule has 0 spiro atoms. The maximum atomic E-state index is 9.96. The van der Waals surface area contributed by atoms with Crippen LogP contribution in [0.4, 0.5) is 0 Å². The van der Waals surface area contributed by atoms with Gasteiger partial charge >= 0.3 is 0 Å². The molecule has 0 saturated carbocycles. The Morgan fingerprint density at radius 3 is 2.81 bits per heavy atom. The van der Waals surface area contributed by atoms with E-state index in [2.05, 4.69) is 0 Å². The lowest BCUT2D eigenvalue weighted by Crippen LogP contribution is -2.49. The van der Waals surface area contributed by atoms with Crippen LogP contribution in [-0.2, 0) is 15.4 Å². The Labute approximate surface area is 92.7 Å². The van der Waals surface area contributed by atoms with Crippen LogP contribution in [-0.4, -0.2) is 16.3 Å². The molecule has 1 aromatic carbocycles. The van der Waals surface area contributed by atoms with E-state index in [4.69, 9.17) is 9.78 Å². The fourth-order valence-corrected chi connectivity index (χ4v) is 2.38. The normalized spacial score (nSPS) is 33.1. The van der Waals surface area contributed by atoms with E-state index in [-0.39, 0.29) is 5.76 Å². The molecule has 2 heterocycles. The molecule has 0 unspecified atom stereocenters. The van der Waals surface area contributed by atoms with Gasteiger partial charge in [0, 0.05) is 5.56 Å². The van der Waals surface area contributed by atoms with Crippen molar-refractivity contribution in [2.45, 2.75) is 24.7 Å². The second-order valence-electron chi connectivity index (χ2n) is 4.15. The summed E-state index contributed by atoms with van der Waals surface area (Å²) in [6.07, 6.45) is 0.279. The molecule has 0 amide bonds. The molecular weight excluding hydrogens is 208 g/mol. The third-order valence-electron chi connectivity index (χ3n) is 3.23. The number of fused-ring (bicyclic) bond motifs is 1. The highest BCUT2D eigenvalue weighted by Crippen LogP contribution is 2.50. The van der Waals surface area contributed by atoms with Crippen molar-refractivity contribution >= 4 is 0 Å². The van der Waals surface area contributed by atoms with Gasteiger partial charge in [0.25, 0.3) is 0 Å². The highest BCUT2D eigenvalue weighted by Gasteiger charge is 2.53. The minimum Gasteiger partial charge on any atom is -0.509 e. The topological polar surface area (TPSA) is 58.9 Å². The second-order valence-corrected chi connectivity index (χ2v) is 4.15. The minimum absolute atomic E-state index is 0.0115. The van der Waals surface area contributed by atoms with Gasteiger partial charge in [0.05, 0.1) is 6.10 Å². The Kier molecular flexibility index (Phi) is 1.89. The summed E-state index contributed by atoms with van der Waals surface area (Å²) in [7, 11) is 0. The van der Waals surface area contributed by atoms with Gasteiger partial charge in [-0.2, -0.15) is 0 Å². The monoisotopic (exact) mass is 220 g/mol. The summed E-state index contributed by atoms with van der Waals surface area (Å²) in [6.45, 7) is 1.57. The fraction of sp³-hybridized carbons (Fsp3) is 0.333. The predicted molar refractivity (Wildman–Crippen MR) is 55.4 cm³/mol. The first kappa shape index (κ1) is 9.84. The molecule has 4 heteroatoms. The van der Waals surface area contributed by atoms with Gasteiger partial charge in [0.2, 0.25) is 5.60 Å². The van der Waals surface area contributed by atoms with Crippen LogP contribution in [0.15, 0.2) is 36.1 Å². The molecule has 4 rings (SSSR count). The van der Waals surface area contributed by atoms with E-state index in [0.717, 1.165) is 11.1 Å². The number of hydrogen-bond donors (Lipinski definition) is 2. The van der Waals surface area contributed by atoms with E-state index in [0.29, 0.717) is 0 Å². The molecule has 0 fully saturated rings. The Hall–Kier alpha value is -1.36. The minimum atomic E-state index is -1.27. The lowest BCUT2D eigenvalue weighted by Gasteiger charge is -2.44. The molecule has 3 atom stereocenters. The smallest absolute Gasteiger partial charge is 0.210 e. The Morgan fingerprint density at radius 2 is 2.12 bits per heavy atom. The van der Waals surface area contributed by atoms with E-state index in [1.807, 2.05) is 24.3 Å². The van der Waals surface area contributed by atoms with Gasteiger partial charge in [-0.15, -0.1) is 0 Å². The first-order valence-electron chi connectivity index (χ1n) is 5.19. The highest BCUT2D eigenvalue weighted by molar-refractivity contribution is 5.46. The fourth-order valence-electron chi connectivity index (χ4n) is 2.38. The van der Waals surface area contributed by atoms with E-state index in [1.165, 1.54) is 0 Å². The highest BCUT2D eigenvalue weighted by atomic mass is 17.2. The zero-order valence-electron chi connectivity index (χ0n) is 8.75. The predicted octanol–water partition coefficient (Wildman–Crippen LogP) is 1.72. The van der Waals surface area contributed by atoms with Crippen molar-refractivity contribution in [1.82, 2.24) is 0 Å². The third-order valence-corrected chi connectivity index (χ3v) is 3.23. The second kappa shape index (κ2) is 3.07. The van der Waals surface area contributed by atoms with Crippen molar-refractivity contribution in [2.75, 3.05) is 0 Å². The van der Waals surface area contributed by atoms with E-state index in [9.17, 15) is 10.2 Å². The van der Waals surface area contributed by atoms with Gasteiger partial charge in [0.1, 0.15) is 11.9 Å². The van der Waals surface area contributed by atoms with Crippen LogP contribution < -0.4 is 0 Å². The van der Waals surface area contributed by atoms with Crippen molar-refractivity contribution in [3.05, 3.63) is 47.2 Å². The largest absolute Gasteiger partial charge is 0.509 e. The Morgan fingerprint density at radius 1 is 1.38 bits per heavy atom. The number of aliphatic hydroxyl groups excluding tert-OH is 2. The third kappa shape index (κ3) is 0.988. The molecule has 2 bridgehead atoms.